The number of hydrogen-bond donors (Lipinski definition) is 1. The molecule has 1 unspecified atom stereocenters. The minimum absolute atomic E-state index is 0.0116. The van der Waals surface area contributed by atoms with Gasteiger partial charge >= 0.3 is 0 Å². The average Bonchev–Trinajstić information content (AvgIpc) is 2.22. The molecule has 0 bridgehead atoms. The second kappa shape index (κ2) is 5.69. The summed E-state index contributed by atoms with van der Waals surface area (Å²) in [4.78, 5) is 11.8. The lowest BCUT2D eigenvalue weighted by molar-refractivity contribution is -0.120. The van der Waals surface area contributed by atoms with Gasteiger partial charge in [0.1, 0.15) is 0 Å². The molecule has 0 aliphatic rings. The smallest absolute Gasteiger partial charge is 0.227 e. The summed E-state index contributed by atoms with van der Waals surface area (Å²) < 4.78 is 0.823. The number of carbonyl (C=O) groups is 1. The van der Waals surface area contributed by atoms with Gasteiger partial charge < -0.3 is 5.32 Å². The Morgan fingerprint density at radius 3 is 2.50 bits per heavy atom. The third kappa shape index (κ3) is 3.49. The first-order chi connectivity index (χ1) is 7.41. The topological polar surface area (TPSA) is 29.1 Å². The predicted octanol–water partition coefficient (Wildman–Crippen LogP) is 4.33. The molecule has 0 radical (unpaired) electrons. The van der Waals surface area contributed by atoms with Crippen LogP contribution in [0.4, 0.5) is 5.69 Å². The van der Waals surface area contributed by atoms with E-state index in [1.165, 1.54) is 0 Å². The van der Waals surface area contributed by atoms with Crippen molar-refractivity contribution in [3.8, 4) is 0 Å². The van der Waals surface area contributed by atoms with E-state index in [0.717, 1.165) is 10.2 Å². The summed E-state index contributed by atoms with van der Waals surface area (Å²) in [6, 6.07) is 5.37. The molecule has 0 spiro atoms. The molecule has 0 aliphatic heterocycles. The molecule has 0 aliphatic carbocycles. The van der Waals surface area contributed by atoms with E-state index in [1.807, 2.05) is 32.9 Å². The maximum atomic E-state index is 11.8. The number of anilines is 1. The molecular weight excluding hydrogens is 289 g/mol. The van der Waals surface area contributed by atoms with Gasteiger partial charge in [0.2, 0.25) is 5.91 Å². The number of benzene rings is 1. The van der Waals surface area contributed by atoms with E-state index >= 15 is 0 Å². The van der Waals surface area contributed by atoms with Gasteiger partial charge in [0.15, 0.2) is 0 Å². The lowest BCUT2D eigenvalue weighted by Crippen LogP contribution is -2.24. The van der Waals surface area contributed by atoms with Gasteiger partial charge in [-0.2, -0.15) is 0 Å². The van der Waals surface area contributed by atoms with Gasteiger partial charge in [0, 0.05) is 16.1 Å². The molecule has 16 heavy (non-hydrogen) atoms. The van der Waals surface area contributed by atoms with Crippen LogP contribution in [0.3, 0.4) is 0 Å². The SMILES string of the molecule is CC(C)C(C)C(=O)Nc1ccc(Br)c(Cl)c1. The van der Waals surface area contributed by atoms with Crippen LogP contribution in [0.5, 0.6) is 0 Å². The summed E-state index contributed by atoms with van der Waals surface area (Å²) >= 11 is 9.24. The van der Waals surface area contributed by atoms with Gasteiger partial charge in [-0.15, -0.1) is 0 Å². The van der Waals surface area contributed by atoms with E-state index in [1.54, 1.807) is 6.07 Å². The van der Waals surface area contributed by atoms with E-state index in [9.17, 15) is 4.79 Å². The molecule has 1 aromatic carbocycles. The summed E-state index contributed by atoms with van der Waals surface area (Å²) in [5, 5.41) is 3.44. The first-order valence-electron chi connectivity index (χ1n) is 5.17. The van der Waals surface area contributed by atoms with Crippen molar-refractivity contribution in [1.82, 2.24) is 0 Å². The Labute approximate surface area is 110 Å². The van der Waals surface area contributed by atoms with Gasteiger partial charge in [0.05, 0.1) is 5.02 Å². The summed E-state index contributed by atoms with van der Waals surface area (Å²) in [5.41, 5.74) is 0.728. The average molecular weight is 305 g/mol. The van der Waals surface area contributed by atoms with E-state index < -0.39 is 0 Å². The maximum Gasteiger partial charge on any atom is 0.227 e. The van der Waals surface area contributed by atoms with Crippen molar-refractivity contribution in [2.45, 2.75) is 20.8 Å². The number of halogens is 2. The fourth-order valence-corrected chi connectivity index (χ4v) is 1.56. The third-order valence-corrected chi connectivity index (χ3v) is 3.83. The molecule has 0 saturated heterocycles. The molecule has 1 aromatic rings. The molecule has 0 saturated carbocycles. The van der Waals surface area contributed by atoms with E-state index in [2.05, 4.69) is 21.2 Å². The van der Waals surface area contributed by atoms with E-state index in [4.69, 9.17) is 11.6 Å². The standard InChI is InChI=1S/C12H15BrClNO/c1-7(2)8(3)12(16)15-9-4-5-10(13)11(14)6-9/h4-8H,1-3H3,(H,15,16). The van der Waals surface area contributed by atoms with Crippen molar-refractivity contribution in [1.29, 1.82) is 0 Å². The van der Waals surface area contributed by atoms with Gasteiger partial charge in [-0.1, -0.05) is 32.4 Å². The van der Waals surface area contributed by atoms with Gasteiger partial charge in [-0.3, -0.25) is 4.79 Å². The van der Waals surface area contributed by atoms with Crippen molar-refractivity contribution in [2.75, 3.05) is 5.32 Å². The number of rotatable bonds is 3. The predicted molar refractivity (Wildman–Crippen MR) is 71.8 cm³/mol. The highest BCUT2D eigenvalue weighted by Gasteiger charge is 2.16. The quantitative estimate of drug-likeness (QED) is 0.884. The number of amides is 1. The monoisotopic (exact) mass is 303 g/mol. The minimum atomic E-state index is -0.0116. The van der Waals surface area contributed by atoms with Crippen molar-refractivity contribution in [3.63, 3.8) is 0 Å². The highest BCUT2D eigenvalue weighted by molar-refractivity contribution is 9.10. The Balaban J connectivity index is 2.74. The zero-order valence-corrected chi connectivity index (χ0v) is 11.9. The zero-order chi connectivity index (χ0) is 12.3. The lowest BCUT2D eigenvalue weighted by atomic mass is 9.97. The van der Waals surface area contributed by atoms with Gasteiger partial charge in [0.25, 0.3) is 0 Å². The van der Waals surface area contributed by atoms with Crippen LogP contribution in [0, 0.1) is 11.8 Å². The van der Waals surface area contributed by atoms with Crippen LogP contribution < -0.4 is 5.32 Å². The van der Waals surface area contributed by atoms with Crippen LogP contribution in [-0.4, -0.2) is 5.91 Å². The molecule has 1 rings (SSSR count). The van der Waals surface area contributed by atoms with Crippen LogP contribution in [0.1, 0.15) is 20.8 Å². The Kier molecular flexibility index (Phi) is 4.81. The van der Waals surface area contributed by atoms with Crippen LogP contribution in [-0.2, 0) is 4.79 Å². The lowest BCUT2D eigenvalue weighted by Gasteiger charge is -2.15. The molecular formula is C12H15BrClNO. The van der Waals surface area contributed by atoms with Crippen molar-refractivity contribution < 1.29 is 4.79 Å². The molecule has 2 nitrogen and oxygen atoms in total. The Hall–Kier alpha value is -0.540. The Bertz CT molecular complexity index is 393. The number of nitrogens with one attached hydrogen (secondary N) is 1. The normalized spacial score (nSPS) is 12.6. The van der Waals surface area contributed by atoms with E-state index in [0.29, 0.717) is 10.9 Å². The highest BCUT2D eigenvalue weighted by atomic mass is 79.9. The summed E-state index contributed by atoms with van der Waals surface area (Å²) in [7, 11) is 0. The Morgan fingerprint density at radius 1 is 1.38 bits per heavy atom. The molecule has 0 aromatic heterocycles. The second-order valence-corrected chi connectivity index (χ2v) is 5.41. The molecule has 1 atom stereocenters. The summed E-state index contributed by atoms with van der Waals surface area (Å²) in [6.07, 6.45) is 0. The third-order valence-electron chi connectivity index (χ3n) is 2.60. The van der Waals surface area contributed by atoms with Crippen LogP contribution in [0.2, 0.25) is 5.02 Å². The van der Waals surface area contributed by atoms with Crippen LogP contribution >= 0.6 is 27.5 Å². The summed E-state index contributed by atoms with van der Waals surface area (Å²) in [5.74, 6) is 0.335. The van der Waals surface area contributed by atoms with Gasteiger partial charge in [-0.05, 0) is 40.0 Å². The van der Waals surface area contributed by atoms with Crippen LogP contribution in [0.15, 0.2) is 22.7 Å². The van der Waals surface area contributed by atoms with Crippen LogP contribution in [0.25, 0.3) is 0 Å². The zero-order valence-electron chi connectivity index (χ0n) is 9.55. The first kappa shape index (κ1) is 13.5. The van der Waals surface area contributed by atoms with Crippen molar-refractivity contribution >= 4 is 39.1 Å². The van der Waals surface area contributed by atoms with Gasteiger partial charge in [-0.25, -0.2) is 0 Å². The second-order valence-electron chi connectivity index (χ2n) is 4.15. The highest BCUT2D eigenvalue weighted by Crippen LogP contribution is 2.26. The molecule has 0 heterocycles. The summed E-state index contributed by atoms with van der Waals surface area (Å²) in [6.45, 7) is 5.97. The maximum absolute atomic E-state index is 11.8. The number of hydrogen-bond acceptors (Lipinski definition) is 1. The largest absolute Gasteiger partial charge is 0.326 e. The van der Waals surface area contributed by atoms with Crippen molar-refractivity contribution in [2.24, 2.45) is 11.8 Å². The molecule has 0 fully saturated rings. The first-order valence-corrected chi connectivity index (χ1v) is 6.35. The Morgan fingerprint density at radius 2 is 2.00 bits per heavy atom. The van der Waals surface area contributed by atoms with Crippen molar-refractivity contribution in [3.05, 3.63) is 27.7 Å². The van der Waals surface area contributed by atoms with E-state index in [-0.39, 0.29) is 11.8 Å². The molecule has 1 amide bonds. The fraction of sp³-hybridized carbons (Fsp3) is 0.417. The molecule has 1 N–H and O–H groups in total. The molecule has 4 heteroatoms. The fourth-order valence-electron chi connectivity index (χ4n) is 1.13. The molecule has 88 valence electrons. The number of carbonyl (C=O) groups excluding carboxylic acids is 1. The minimum Gasteiger partial charge on any atom is -0.326 e.